The van der Waals surface area contributed by atoms with Crippen LogP contribution in [0.3, 0.4) is 0 Å². The Morgan fingerprint density at radius 2 is 2.18 bits per heavy atom. The molecule has 0 saturated carbocycles. The summed E-state index contributed by atoms with van der Waals surface area (Å²) >= 11 is 1.61. The molecule has 2 aromatic rings. The van der Waals surface area contributed by atoms with Crippen LogP contribution in [-0.2, 0) is 11.2 Å². The van der Waals surface area contributed by atoms with E-state index >= 15 is 0 Å². The molecular weight excluding hydrogens is 300 g/mol. The molecular formula is C16H20N2O3S. The maximum atomic E-state index is 11.8. The summed E-state index contributed by atoms with van der Waals surface area (Å²) in [6, 6.07) is 5.83. The molecule has 0 fully saturated rings. The number of nitrogens with one attached hydrogen (secondary N) is 2. The normalized spacial score (nSPS) is 11.2. The largest absolute Gasteiger partial charge is 0.444 e. The molecule has 1 amide bonds. The molecule has 0 aliphatic heterocycles. The Bertz CT molecular complexity index is 684. The summed E-state index contributed by atoms with van der Waals surface area (Å²) in [7, 11) is 0. The number of H-pyrrole nitrogens is 1. The van der Waals surface area contributed by atoms with Gasteiger partial charge in [-0.05, 0) is 44.7 Å². The van der Waals surface area contributed by atoms with Crippen LogP contribution in [0.4, 0.5) is 4.79 Å². The second-order valence-electron chi connectivity index (χ2n) is 5.90. The molecule has 0 unspecified atom stereocenters. The molecule has 0 spiro atoms. The molecule has 2 rings (SSSR count). The van der Waals surface area contributed by atoms with Crippen molar-refractivity contribution in [1.82, 2.24) is 10.3 Å². The van der Waals surface area contributed by atoms with Crippen LogP contribution in [0.1, 0.15) is 26.3 Å². The third-order valence-corrected chi connectivity index (χ3v) is 3.77. The first-order chi connectivity index (χ1) is 10.3. The molecule has 0 aliphatic rings. The van der Waals surface area contributed by atoms with E-state index in [1.165, 1.54) is 0 Å². The van der Waals surface area contributed by atoms with Crippen LogP contribution in [0.5, 0.6) is 0 Å². The number of alkyl carbamates (subject to hydrolysis) is 1. The summed E-state index contributed by atoms with van der Waals surface area (Å²) in [5.74, 6) is 0. The first-order valence-electron chi connectivity index (χ1n) is 7.07. The zero-order valence-corrected chi connectivity index (χ0v) is 13.8. The van der Waals surface area contributed by atoms with Crippen LogP contribution in [0, 0.1) is 0 Å². The zero-order valence-electron chi connectivity index (χ0n) is 12.9. The van der Waals surface area contributed by atoms with Gasteiger partial charge in [-0.3, -0.25) is 4.79 Å². The van der Waals surface area contributed by atoms with E-state index in [0.717, 1.165) is 10.4 Å². The monoisotopic (exact) mass is 320 g/mol. The van der Waals surface area contributed by atoms with Gasteiger partial charge in [0.2, 0.25) is 0 Å². The standard InChI is InChI=1S/C16H20N2O3S/c1-16(2,3)21-15(20)17-7-6-11-9-12(10-18-14(11)19)13-5-4-8-22-13/h4-5,8-10H,6-7H2,1-3H3,(H,17,20)(H,18,19). The lowest BCUT2D eigenvalue weighted by molar-refractivity contribution is 0.0528. The number of ether oxygens (including phenoxy) is 1. The lowest BCUT2D eigenvalue weighted by Crippen LogP contribution is -2.34. The Hall–Kier alpha value is -2.08. The van der Waals surface area contributed by atoms with E-state index < -0.39 is 11.7 Å². The Kier molecular flexibility index (Phi) is 5.03. The molecule has 118 valence electrons. The number of hydrogen-bond donors (Lipinski definition) is 2. The minimum Gasteiger partial charge on any atom is -0.444 e. The molecule has 0 bridgehead atoms. The van der Waals surface area contributed by atoms with Gasteiger partial charge in [0.1, 0.15) is 5.60 Å². The fraction of sp³-hybridized carbons (Fsp3) is 0.375. The number of carbonyl (C=O) groups excluding carboxylic acids is 1. The van der Waals surface area contributed by atoms with E-state index in [0.29, 0.717) is 18.5 Å². The molecule has 0 radical (unpaired) electrons. The van der Waals surface area contributed by atoms with Crippen molar-refractivity contribution in [2.45, 2.75) is 32.8 Å². The van der Waals surface area contributed by atoms with Crippen molar-refractivity contribution in [3.63, 3.8) is 0 Å². The number of aromatic nitrogens is 1. The summed E-state index contributed by atoms with van der Waals surface area (Å²) in [5.41, 5.74) is 0.954. The van der Waals surface area contributed by atoms with Crippen molar-refractivity contribution >= 4 is 17.4 Å². The molecule has 0 atom stereocenters. The minimum atomic E-state index is -0.527. The first kappa shape index (κ1) is 16.3. The van der Waals surface area contributed by atoms with E-state index in [-0.39, 0.29) is 5.56 Å². The van der Waals surface area contributed by atoms with Crippen molar-refractivity contribution in [3.8, 4) is 10.4 Å². The van der Waals surface area contributed by atoms with Crippen LogP contribution in [0.2, 0.25) is 0 Å². The van der Waals surface area contributed by atoms with Gasteiger partial charge in [0.25, 0.3) is 5.56 Å². The molecule has 2 heterocycles. The second-order valence-corrected chi connectivity index (χ2v) is 6.85. The van der Waals surface area contributed by atoms with Gasteiger partial charge in [-0.25, -0.2) is 4.79 Å². The van der Waals surface area contributed by atoms with Crippen LogP contribution in [0.25, 0.3) is 10.4 Å². The minimum absolute atomic E-state index is 0.133. The zero-order chi connectivity index (χ0) is 16.2. The average molecular weight is 320 g/mol. The molecule has 22 heavy (non-hydrogen) atoms. The predicted molar refractivity (Wildman–Crippen MR) is 88.3 cm³/mol. The highest BCUT2D eigenvalue weighted by Crippen LogP contribution is 2.23. The Balaban J connectivity index is 1.97. The van der Waals surface area contributed by atoms with E-state index in [9.17, 15) is 9.59 Å². The molecule has 6 heteroatoms. The highest BCUT2D eigenvalue weighted by molar-refractivity contribution is 7.13. The maximum Gasteiger partial charge on any atom is 0.407 e. The van der Waals surface area contributed by atoms with E-state index in [2.05, 4.69) is 10.3 Å². The van der Waals surface area contributed by atoms with Crippen molar-refractivity contribution < 1.29 is 9.53 Å². The van der Waals surface area contributed by atoms with Crippen LogP contribution in [0.15, 0.2) is 34.6 Å². The van der Waals surface area contributed by atoms with Gasteiger partial charge >= 0.3 is 6.09 Å². The molecule has 2 N–H and O–H groups in total. The SMILES string of the molecule is CC(C)(C)OC(=O)NCCc1cc(-c2cccs2)c[nH]c1=O. The maximum absolute atomic E-state index is 11.8. The predicted octanol–water partition coefficient (Wildman–Crippen LogP) is 3.17. The highest BCUT2D eigenvalue weighted by Gasteiger charge is 2.15. The van der Waals surface area contributed by atoms with Gasteiger partial charge < -0.3 is 15.0 Å². The van der Waals surface area contributed by atoms with Crippen molar-refractivity contribution in [2.75, 3.05) is 6.54 Å². The van der Waals surface area contributed by atoms with Gasteiger partial charge in [0.15, 0.2) is 0 Å². The molecule has 0 aliphatic carbocycles. The Morgan fingerprint density at radius 1 is 1.41 bits per heavy atom. The number of rotatable bonds is 4. The third kappa shape index (κ3) is 4.73. The van der Waals surface area contributed by atoms with Crippen molar-refractivity contribution in [3.05, 3.63) is 45.7 Å². The summed E-state index contributed by atoms with van der Waals surface area (Å²) < 4.78 is 5.15. The Morgan fingerprint density at radius 3 is 2.82 bits per heavy atom. The molecule has 0 aromatic carbocycles. The molecule has 5 nitrogen and oxygen atoms in total. The second kappa shape index (κ2) is 6.79. The van der Waals surface area contributed by atoms with Crippen molar-refractivity contribution in [2.24, 2.45) is 0 Å². The van der Waals surface area contributed by atoms with Crippen LogP contribution >= 0.6 is 11.3 Å². The Labute approximate surface area is 133 Å². The van der Waals surface area contributed by atoms with E-state index in [4.69, 9.17) is 4.74 Å². The van der Waals surface area contributed by atoms with Gasteiger partial charge in [-0.2, -0.15) is 0 Å². The van der Waals surface area contributed by atoms with Crippen LogP contribution < -0.4 is 10.9 Å². The fourth-order valence-corrected chi connectivity index (χ4v) is 2.63. The van der Waals surface area contributed by atoms with E-state index in [1.54, 1.807) is 17.5 Å². The number of pyridine rings is 1. The number of hydrogen-bond acceptors (Lipinski definition) is 4. The summed E-state index contributed by atoms with van der Waals surface area (Å²) in [4.78, 5) is 27.3. The third-order valence-electron chi connectivity index (χ3n) is 2.85. The molecule has 0 saturated heterocycles. The number of thiophene rings is 1. The lowest BCUT2D eigenvalue weighted by Gasteiger charge is -2.19. The van der Waals surface area contributed by atoms with Gasteiger partial charge in [0, 0.05) is 28.7 Å². The summed E-state index contributed by atoms with van der Waals surface area (Å²) in [6.45, 7) is 5.78. The van der Waals surface area contributed by atoms with Crippen LogP contribution in [-0.4, -0.2) is 23.2 Å². The number of aromatic amines is 1. The summed E-state index contributed by atoms with van der Waals surface area (Å²) in [6.07, 6.45) is 1.69. The number of carbonyl (C=O) groups is 1. The number of amides is 1. The average Bonchev–Trinajstić information content (AvgIpc) is 2.92. The van der Waals surface area contributed by atoms with Gasteiger partial charge in [-0.15, -0.1) is 11.3 Å². The quantitative estimate of drug-likeness (QED) is 0.909. The van der Waals surface area contributed by atoms with Gasteiger partial charge in [0.05, 0.1) is 0 Å². The molecule has 2 aromatic heterocycles. The smallest absolute Gasteiger partial charge is 0.407 e. The highest BCUT2D eigenvalue weighted by atomic mass is 32.1. The topological polar surface area (TPSA) is 71.2 Å². The van der Waals surface area contributed by atoms with E-state index in [1.807, 2.05) is 44.4 Å². The lowest BCUT2D eigenvalue weighted by atomic mass is 10.1. The van der Waals surface area contributed by atoms with Crippen molar-refractivity contribution in [1.29, 1.82) is 0 Å². The summed E-state index contributed by atoms with van der Waals surface area (Å²) in [5, 5.41) is 4.65. The first-order valence-corrected chi connectivity index (χ1v) is 7.95. The fourth-order valence-electron chi connectivity index (χ4n) is 1.92. The van der Waals surface area contributed by atoms with Gasteiger partial charge in [-0.1, -0.05) is 6.07 Å².